The average Bonchev–Trinajstić information content (AvgIpc) is 2.31. The lowest BCUT2D eigenvalue weighted by Crippen LogP contribution is -2.12. The molecule has 0 fully saturated rings. The van der Waals surface area contributed by atoms with Crippen LogP contribution in [0.15, 0.2) is 36.5 Å². The van der Waals surface area contributed by atoms with Crippen molar-refractivity contribution in [3.05, 3.63) is 53.1 Å². The molecule has 0 atom stereocenters. The summed E-state index contributed by atoms with van der Waals surface area (Å²) in [6.45, 7) is 0. The third kappa shape index (κ3) is 2.95. The number of halogens is 2. The molecule has 4 nitrogen and oxygen atoms in total. The van der Waals surface area contributed by atoms with Crippen molar-refractivity contribution in [1.29, 1.82) is 0 Å². The number of amides is 1. The van der Waals surface area contributed by atoms with Gasteiger partial charge in [0.2, 0.25) is 5.95 Å². The predicted molar refractivity (Wildman–Crippen MR) is 68.0 cm³/mol. The first-order valence-electron chi connectivity index (χ1n) is 5.03. The van der Waals surface area contributed by atoms with Crippen LogP contribution in [0.1, 0.15) is 10.4 Å². The number of nitrogens with zero attached hydrogens (tertiary/aromatic N) is 1. The highest BCUT2D eigenvalue weighted by molar-refractivity contribution is 6.31. The van der Waals surface area contributed by atoms with E-state index in [9.17, 15) is 9.18 Å². The molecule has 6 heteroatoms. The molecular weight excluding hydrogens is 257 g/mol. The minimum absolute atomic E-state index is 0.323. The molecule has 0 aliphatic carbocycles. The quantitative estimate of drug-likeness (QED) is 0.648. The molecule has 0 saturated carbocycles. The number of nitrogens with two attached hydrogens (primary N) is 1. The second-order valence-corrected chi connectivity index (χ2v) is 4.03. The largest absolute Gasteiger partial charge is 0.399 e. The van der Waals surface area contributed by atoms with Gasteiger partial charge >= 0.3 is 0 Å². The van der Waals surface area contributed by atoms with E-state index in [0.29, 0.717) is 22.0 Å². The van der Waals surface area contributed by atoms with Gasteiger partial charge in [0.25, 0.3) is 5.91 Å². The molecule has 0 aliphatic rings. The summed E-state index contributed by atoms with van der Waals surface area (Å²) in [6.07, 6.45) is 1.22. The molecule has 1 amide bonds. The molecule has 1 aromatic carbocycles. The van der Waals surface area contributed by atoms with Crippen LogP contribution in [0.3, 0.4) is 0 Å². The van der Waals surface area contributed by atoms with E-state index in [1.807, 2.05) is 0 Å². The summed E-state index contributed by atoms with van der Waals surface area (Å²) in [6, 6.07) is 7.09. The molecule has 1 heterocycles. The number of benzene rings is 1. The first-order valence-corrected chi connectivity index (χ1v) is 5.41. The number of nitrogens with one attached hydrogen (secondary N) is 1. The van der Waals surface area contributed by atoms with E-state index in [2.05, 4.69) is 10.3 Å². The highest BCUT2D eigenvalue weighted by Crippen LogP contribution is 2.17. The number of anilines is 2. The minimum Gasteiger partial charge on any atom is -0.399 e. The van der Waals surface area contributed by atoms with Crippen molar-refractivity contribution in [2.24, 2.45) is 0 Å². The molecule has 0 unspecified atom stereocenters. The summed E-state index contributed by atoms with van der Waals surface area (Å²) < 4.78 is 12.6. The zero-order valence-corrected chi connectivity index (χ0v) is 9.91. The normalized spacial score (nSPS) is 10.1. The Kier molecular flexibility index (Phi) is 3.43. The molecule has 0 aliphatic heterocycles. The van der Waals surface area contributed by atoms with Gasteiger partial charge in [-0.2, -0.15) is 4.39 Å². The van der Waals surface area contributed by atoms with Gasteiger partial charge in [-0.1, -0.05) is 11.6 Å². The summed E-state index contributed by atoms with van der Waals surface area (Å²) in [4.78, 5) is 15.3. The van der Waals surface area contributed by atoms with Crippen LogP contribution in [0.5, 0.6) is 0 Å². The molecule has 2 rings (SSSR count). The third-order valence-corrected chi connectivity index (χ3v) is 2.39. The maximum absolute atomic E-state index is 12.6. The van der Waals surface area contributed by atoms with Gasteiger partial charge in [-0.15, -0.1) is 0 Å². The Balaban J connectivity index is 2.19. The van der Waals surface area contributed by atoms with Crippen LogP contribution in [-0.4, -0.2) is 10.9 Å². The molecule has 0 spiro atoms. The highest BCUT2D eigenvalue weighted by atomic mass is 35.5. The van der Waals surface area contributed by atoms with Crippen molar-refractivity contribution in [1.82, 2.24) is 4.98 Å². The van der Waals surface area contributed by atoms with Crippen molar-refractivity contribution in [2.75, 3.05) is 11.1 Å². The molecule has 18 heavy (non-hydrogen) atoms. The van der Waals surface area contributed by atoms with Crippen molar-refractivity contribution in [3.63, 3.8) is 0 Å². The topological polar surface area (TPSA) is 68.0 Å². The van der Waals surface area contributed by atoms with Gasteiger partial charge in [-0.05, 0) is 30.3 Å². The number of nitrogen functional groups attached to an aromatic ring is 1. The van der Waals surface area contributed by atoms with Gasteiger partial charge in [0.15, 0.2) is 0 Å². The zero-order chi connectivity index (χ0) is 13.1. The van der Waals surface area contributed by atoms with Crippen LogP contribution in [-0.2, 0) is 0 Å². The fourth-order valence-corrected chi connectivity index (χ4v) is 1.64. The summed E-state index contributed by atoms with van der Waals surface area (Å²) in [5, 5.41) is 2.93. The van der Waals surface area contributed by atoms with Crippen molar-refractivity contribution in [3.8, 4) is 0 Å². The van der Waals surface area contributed by atoms with Crippen LogP contribution < -0.4 is 11.1 Å². The maximum atomic E-state index is 12.6. The van der Waals surface area contributed by atoms with E-state index >= 15 is 0 Å². The van der Waals surface area contributed by atoms with E-state index in [0.717, 1.165) is 6.07 Å². The molecular formula is C12H9ClFN3O. The van der Waals surface area contributed by atoms with Gasteiger partial charge in [-0.3, -0.25) is 4.79 Å². The first-order chi connectivity index (χ1) is 8.54. The van der Waals surface area contributed by atoms with Crippen LogP contribution in [0.4, 0.5) is 15.8 Å². The van der Waals surface area contributed by atoms with E-state index < -0.39 is 11.9 Å². The SMILES string of the molecule is Nc1cc(Cl)cc(C(=O)Nc2ccc(F)nc2)c1. The summed E-state index contributed by atoms with van der Waals surface area (Å²) in [5.41, 5.74) is 6.69. The lowest BCUT2D eigenvalue weighted by atomic mass is 10.2. The Morgan fingerprint density at radius 3 is 2.72 bits per heavy atom. The number of rotatable bonds is 2. The van der Waals surface area contributed by atoms with E-state index in [1.54, 1.807) is 0 Å². The fraction of sp³-hybridized carbons (Fsp3) is 0. The lowest BCUT2D eigenvalue weighted by molar-refractivity contribution is 0.102. The lowest BCUT2D eigenvalue weighted by Gasteiger charge is -2.06. The van der Waals surface area contributed by atoms with Crippen molar-refractivity contribution >= 4 is 28.9 Å². The molecule has 2 aromatic rings. The predicted octanol–water partition coefficient (Wildman–Crippen LogP) is 2.71. The van der Waals surface area contributed by atoms with Crippen molar-refractivity contribution < 1.29 is 9.18 Å². The smallest absolute Gasteiger partial charge is 0.255 e. The second kappa shape index (κ2) is 5.01. The number of hydrogen-bond acceptors (Lipinski definition) is 3. The summed E-state index contributed by atoms with van der Waals surface area (Å²) >= 11 is 5.80. The standard InChI is InChI=1S/C12H9ClFN3O/c13-8-3-7(4-9(15)5-8)12(18)17-10-1-2-11(14)16-6-10/h1-6H,15H2,(H,17,18). The summed E-state index contributed by atoms with van der Waals surface area (Å²) in [7, 11) is 0. The van der Waals surface area contributed by atoms with E-state index in [-0.39, 0.29) is 0 Å². The number of carbonyl (C=O) groups is 1. The molecule has 0 bridgehead atoms. The van der Waals surface area contributed by atoms with Gasteiger partial charge in [0, 0.05) is 16.3 Å². The van der Waals surface area contributed by atoms with Crippen LogP contribution in [0.2, 0.25) is 5.02 Å². The first kappa shape index (κ1) is 12.3. The second-order valence-electron chi connectivity index (χ2n) is 3.60. The molecule has 1 aromatic heterocycles. The monoisotopic (exact) mass is 265 g/mol. The van der Waals surface area contributed by atoms with Crippen molar-refractivity contribution in [2.45, 2.75) is 0 Å². The summed E-state index contributed by atoms with van der Waals surface area (Å²) in [5.74, 6) is -1.00. The Bertz CT molecular complexity index is 566. The molecule has 0 radical (unpaired) electrons. The number of carbonyl (C=O) groups excluding carboxylic acids is 1. The third-order valence-electron chi connectivity index (χ3n) is 2.17. The van der Waals surface area contributed by atoms with Crippen LogP contribution in [0, 0.1) is 5.95 Å². The van der Waals surface area contributed by atoms with E-state index in [1.165, 1.54) is 30.5 Å². The number of aromatic nitrogens is 1. The van der Waals surface area contributed by atoms with Gasteiger partial charge < -0.3 is 11.1 Å². The Morgan fingerprint density at radius 2 is 2.11 bits per heavy atom. The minimum atomic E-state index is -0.611. The average molecular weight is 266 g/mol. The zero-order valence-electron chi connectivity index (χ0n) is 9.15. The van der Waals surface area contributed by atoms with Gasteiger partial charge in [-0.25, -0.2) is 4.98 Å². The Labute approximate surface area is 108 Å². The Morgan fingerprint density at radius 1 is 1.33 bits per heavy atom. The van der Waals surface area contributed by atoms with Crippen LogP contribution in [0.25, 0.3) is 0 Å². The maximum Gasteiger partial charge on any atom is 0.255 e. The Hall–Kier alpha value is -2.14. The van der Waals surface area contributed by atoms with Crippen LogP contribution >= 0.6 is 11.6 Å². The van der Waals surface area contributed by atoms with E-state index in [4.69, 9.17) is 17.3 Å². The molecule has 3 N–H and O–H groups in total. The fourth-order valence-electron chi connectivity index (χ4n) is 1.40. The number of hydrogen-bond donors (Lipinski definition) is 2. The molecule has 92 valence electrons. The van der Waals surface area contributed by atoms with Gasteiger partial charge in [0.1, 0.15) is 0 Å². The molecule has 0 saturated heterocycles. The number of pyridine rings is 1. The van der Waals surface area contributed by atoms with Gasteiger partial charge in [0.05, 0.1) is 11.9 Å². The highest BCUT2D eigenvalue weighted by Gasteiger charge is 2.08.